The van der Waals surface area contributed by atoms with E-state index in [1.807, 2.05) is 4.90 Å². The second-order valence-electron chi connectivity index (χ2n) is 7.08. The van der Waals surface area contributed by atoms with E-state index >= 15 is 0 Å². The van der Waals surface area contributed by atoms with Gasteiger partial charge in [-0.2, -0.15) is 5.26 Å². The Kier molecular flexibility index (Phi) is 11.8. The molecule has 0 atom stereocenters. The maximum atomic E-state index is 12.5. The minimum absolute atomic E-state index is 0.00604. The first kappa shape index (κ1) is 21.5. The molecule has 1 aliphatic rings. The highest BCUT2D eigenvalue weighted by Crippen LogP contribution is 2.14. The summed E-state index contributed by atoms with van der Waals surface area (Å²) in [6.45, 7) is 4.22. The van der Waals surface area contributed by atoms with Crippen LogP contribution < -0.4 is 0 Å². The van der Waals surface area contributed by atoms with Crippen molar-refractivity contribution in [1.82, 2.24) is 9.80 Å². The molecule has 0 N–H and O–H groups in total. The Morgan fingerprint density at radius 3 is 2.24 bits per heavy atom. The average molecular weight is 350 g/mol. The fourth-order valence-electron chi connectivity index (χ4n) is 3.40. The van der Waals surface area contributed by atoms with Crippen LogP contribution in [0.2, 0.25) is 0 Å². The lowest BCUT2D eigenvalue weighted by Gasteiger charge is -2.25. The molecule has 5 heteroatoms. The van der Waals surface area contributed by atoms with Crippen molar-refractivity contribution >= 4 is 11.8 Å². The fraction of sp³-hybridized carbons (Fsp3) is 0.850. The molecule has 0 bridgehead atoms. The Labute approximate surface area is 153 Å². The molecule has 0 unspecified atom stereocenters. The Morgan fingerprint density at radius 2 is 1.64 bits per heavy atom. The van der Waals surface area contributed by atoms with Crippen LogP contribution in [0.3, 0.4) is 0 Å². The van der Waals surface area contributed by atoms with E-state index in [1.165, 1.54) is 38.5 Å². The molecule has 0 spiro atoms. The molecule has 1 aliphatic heterocycles. The Bertz CT molecular complexity index is 431. The van der Waals surface area contributed by atoms with E-state index in [4.69, 9.17) is 5.26 Å². The predicted octanol–water partition coefficient (Wildman–Crippen LogP) is 3.88. The molecular weight excluding hydrogens is 314 g/mol. The minimum Gasteiger partial charge on any atom is -0.343 e. The van der Waals surface area contributed by atoms with Crippen LogP contribution in [0.1, 0.15) is 84.0 Å². The van der Waals surface area contributed by atoms with Gasteiger partial charge in [0, 0.05) is 39.5 Å². The molecule has 0 aromatic heterocycles. The molecule has 1 fully saturated rings. The maximum absolute atomic E-state index is 12.5. The molecule has 0 aromatic carbocycles. The summed E-state index contributed by atoms with van der Waals surface area (Å²) in [5.74, 6) is 0.275. The predicted molar refractivity (Wildman–Crippen MR) is 99.9 cm³/mol. The van der Waals surface area contributed by atoms with Gasteiger partial charge in [0.05, 0.1) is 12.5 Å². The zero-order valence-corrected chi connectivity index (χ0v) is 16.0. The van der Waals surface area contributed by atoms with Gasteiger partial charge in [0.1, 0.15) is 0 Å². The second-order valence-corrected chi connectivity index (χ2v) is 7.08. The molecular formula is C20H35N3O2. The fourth-order valence-corrected chi connectivity index (χ4v) is 3.40. The van der Waals surface area contributed by atoms with Crippen LogP contribution in [0.25, 0.3) is 0 Å². The molecule has 142 valence electrons. The van der Waals surface area contributed by atoms with Gasteiger partial charge in [-0.3, -0.25) is 9.59 Å². The van der Waals surface area contributed by atoms with Crippen molar-refractivity contribution in [2.45, 2.75) is 84.0 Å². The summed E-state index contributed by atoms with van der Waals surface area (Å²) in [4.78, 5) is 27.8. The van der Waals surface area contributed by atoms with Gasteiger partial charge < -0.3 is 9.80 Å². The van der Waals surface area contributed by atoms with E-state index in [2.05, 4.69) is 6.07 Å². The minimum atomic E-state index is 0.00604. The average Bonchev–Trinajstić information content (AvgIpc) is 2.61. The number of nitrogens with zero attached hydrogens (tertiary/aromatic N) is 3. The number of amides is 2. The first-order valence-electron chi connectivity index (χ1n) is 10.1. The highest BCUT2D eigenvalue weighted by atomic mass is 16.2. The second kappa shape index (κ2) is 13.7. The van der Waals surface area contributed by atoms with Gasteiger partial charge in [0.2, 0.25) is 11.8 Å². The summed E-state index contributed by atoms with van der Waals surface area (Å²) in [7, 11) is 0. The summed E-state index contributed by atoms with van der Waals surface area (Å²) < 4.78 is 0. The van der Waals surface area contributed by atoms with Crippen LogP contribution in [0.5, 0.6) is 0 Å². The molecule has 1 saturated heterocycles. The van der Waals surface area contributed by atoms with Crippen LogP contribution in [0.15, 0.2) is 0 Å². The monoisotopic (exact) mass is 349 g/mol. The summed E-state index contributed by atoms with van der Waals surface area (Å²) in [6, 6.07) is 2.09. The zero-order chi connectivity index (χ0) is 18.3. The van der Waals surface area contributed by atoms with Gasteiger partial charge in [0.15, 0.2) is 0 Å². The van der Waals surface area contributed by atoms with Crippen molar-refractivity contribution < 1.29 is 9.59 Å². The van der Waals surface area contributed by atoms with Crippen molar-refractivity contribution in [2.24, 2.45) is 0 Å². The number of carbonyl (C=O) groups is 2. The smallest absolute Gasteiger partial charge is 0.222 e. The quantitative estimate of drug-likeness (QED) is 0.731. The Morgan fingerprint density at radius 1 is 1.04 bits per heavy atom. The molecule has 0 aliphatic carbocycles. The summed E-state index contributed by atoms with van der Waals surface area (Å²) in [6.07, 6.45) is 12.7. The van der Waals surface area contributed by atoms with Gasteiger partial charge in [-0.25, -0.2) is 0 Å². The van der Waals surface area contributed by atoms with Crippen LogP contribution in [-0.2, 0) is 9.59 Å². The standard InChI is InChI=1S/C20H35N3O2/c1-19(24)22(16-11-14-21)17-12-18-23-15-10-8-6-4-2-3-5-7-9-13-20(23)25/h2-13,15-18H2,1H3. The van der Waals surface area contributed by atoms with E-state index < -0.39 is 0 Å². The maximum Gasteiger partial charge on any atom is 0.222 e. The van der Waals surface area contributed by atoms with E-state index in [1.54, 1.807) is 11.8 Å². The number of nitriles is 1. The molecule has 0 saturated carbocycles. The molecule has 0 radical (unpaired) electrons. The van der Waals surface area contributed by atoms with E-state index in [9.17, 15) is 9.59 Å². The van der Waals surface area contributed by atoms with Crippen LogP contribution in [0, 0.1) is 11.3 Å². The topological polar surface area (TPSA) is 64.4 Å². The lowest BCUT2D eigenvalue weighted by Crippen LogP contribution is -2.36. The van der Waals surface area contributed by atoms with Crippen LogP contribution in [0.4, 0.5) is 0 Å². The van der Waals surface area contributed by atoms with Crippen molar-refractivity contribution in [2.75, 3.05) is 26.2 Å². The van der Waals surface area contributed by atoms with E-state index in [0.29, 0.717) is 25.9 Å². The molecule has 2 amide bonds. The largest absolute Gasteiger partial charge is 0.343 e. The first-order valence-corrected chi connectivity index (χ1v) is 10.1. The third kappa shape index (κ3) is 10.1. The highest BCUT2D eigenvalue weighted by molar-refractivity contribution is 5.76. The van der Waals surface area contributed by atoms with Gasteiger partial charge in [-0.15, -0.1) is 0 Å². The SMILES string of the molecule is CC(=O)N(CCC#N)CCCN1CCCCCCCCCCCC1=O. The van der Waals surface area contributed by atoms with E-state index in [-0.39, 0.29) is 11.8 Å². The number of hydrogen-bond donors (Lipinski definition) is 0. The summed E-state index contributed by atoms with van der Waals surface area (Å²) in [5, 5.41) is 8.69. The normalized spacial score (nSPS) is 17.8. The highest BCUT2D eigenvalue weighted by Gasteiger charge is 2.14. The van der Waals surface area contributed by atoms with Crippen molar-refractivity contribution in [1.29, 1.82) is 5.26 Å². The van der Waals surface area contributed by atoms with Gasteiger partial charge >= 0.3 is 0 Å². The van der Waals surface area contributed by atoms with Crippen molar-refractivity contribution in [3.63, 3.8) is 0 Å². The van der Waals surface area contributed by atoms with Gasteiger partial charge in [-0.1, -0.05) is 44.9 Å². The van der Waals surface area contributed by atoms with Gasteiger partial charge in [-0.05, 0) is 19.3 Å². The number of rotatable bonds is 6. The Balaban J connectivity index is 2.44. The van der Waals surface area contributed by atoms with Gasteiger partial charge in [0.25, 0.3) is 0 Å². The van der Waals surface area contributed by atoms with Crippen LogP contribution >= 0.6 is 0 Å². The van der Waals surface area contributed by atoms with Crippen LogP contribution in [-0.4, -0.2) is 47.8 Å². The lowest BCUT2D eigenvalue weighted by molar-refractivity contribution is -0.131. The number of carbonyl (C=O) groups excluding carboxylic acids is 2. The molecule has 5 nitrogen and oxygen atoms in total. The molecule has 1 rings (SSSR count). The molecule has 0 aromatic rings. The van der Waals surface area contributed by atoms with Crippen molar-refractivity contribution in [3.05, 3.63) is 0 Å². The number of hydrogen-bond acceptors (Lipinski definition) is 3. The third-order valence-electron chi connectivity index (χ3n) is 4.97. The molecule has 25 heavy (non-hydrogen) atoms. The Hall–Kier alpha value is -1.57. The van der Waals surface area contributed by atoms with Crippen molar-refractivity contribution in [3.8, 4) is 6.07 Å². The van der Waals surface area contributed by atoms with E-state index in [0.717, 1.165) is 38.8 Å². The first-order chi connectivity index (χ1) is 12.1. The summed E-state index contributed by atoms with van der Waals surface area (Å²) in [5.41, 5.74) is 0. The summed E-state index contributed by atoms with van der Waals surface area (Å²) >= 11 is 0. The zero-order valence-electron chi connectivity index (χ0n) is 16.0. The lowest BCUT2D eigenvalue weighted by atomic mass is 10.1. The third-order valence-corrected chi connectivity index (χ3v) is 4.97. The molecule has 1 heterocycles.